The van der Waals surface area contributed by atoms with E-state index in [9.17, 15) is 19.7 Å². The number of rotatable bonds is 6. The Kier molecular flexibility index (Phi) is 4.98. The van der Waals surface area contributed by atoms with Crippen LogP contribution in [0.3, 0.4) is 0 Å². The van der Waals surface area contributed by atoms with E-state index in [1.165, 1.54) is 14.2 Å². The van der Waals surface area contributed by atoms with Crippen LogP contribution >= 0.6 is 0 Å². The molecule has 23 heavy (non-hydrogen) atoms. The first-order valence-electron chi connectivity index (χ1n) is 7.33. The van der Waals surface area contributed by atoms with Crippen molar-refractivity contribution in [3.8, 4) is 5.75 Å². The summed E-state index contributed by atoms with van der Waals surface area (Å²) in [6.07, 6.45) is 1.03. The van der Waals surface area contributed by atoms with E-state index in [-0.39, 0.29) is 18.6 Å². The lowest BCUT2D eigenvalue weighted by atomic mass is 9.70. The Morgan fingerprint density at radius 1 is 1.35 bits per heavy atom. The van der Waals surface area contributed by atoms with Crippen LogP contribution in [0.1, 0.15) is 30.7 Å². The van der Waals surface area contributed by atoms with Crippen molar-refractivity contribution in [2.45, 2.75) is 25.2 Å². The SMILES string of the molecule is COC(=O)[C@@]1([C@@H](C[N+](=O)[O-])c2ccc(OC)cc2)CCCC1=O. The molecule has 0 aliphatic heterocycles. The summed E-state index contributed by atoms with van der Waals surface area (Å²) in [6.45, 7) is -0.507. The van der Waals surface area contributed by atoms with Gasteiger partial charge < -0.3 is 9.47 Å². The quantitative estimate of drug-likeness (QED) is 0.344. The fraction of sp³-hybridized carbons (Fsp3) is 0.500. The standard InChI is InChI=1S/C16H19NO6/c1-22-12-7-5-11(6-8-12)13(10-17(20)21)16(15(19)23-2)9-3-4-14(16)18/h5-8,13H,3-4,9-10H2,1-2H3/t13-,16+/m0/s1. The molecule has 0 radical (unpaired) electrons. The molecule has 1 aromatic rings. The van der Waals surface area contributed by atoms with Crippen molar-refractivity contribution in [2.75, 3.05) is 20.8 Å². The van der Waals surface area contributed by atoms with Gasteiger partial charge >= 0.3 is 5.97 Å². The van der Waals surface area contributed by atoms with Gasteiger partial charge in [-0.15, -0.1) is 0 Å². The van der Waals surface area contributed by atoms with E-state index in [4.69, 9.17) is 9.47 Å². The number of Topliss-reactive ketones (excluding diaryl/α,β-unsaturated/α-hetero) is 1. The summed E-state index contributed by atoms with van der Waals surface area (Å²) in [6, 6.07) is 6.63. The van der Waals surface area contributed by atoms with Gasteiger partial charge in [0.2, 0.25) is 6.54 Å². The van der Waals surface area contributed by atoms with Gasteiger partial charge in [-0.3, -0.25) is 19.7 Å². The highest BCUT2D eigenvalue weighted by Crippen LogP contribution is 2.47. The van der Waals surface area contributed by atoms with Gasteiger partial charge in [0, 0.05) is 11.3 Å². The topological polar surface area (TPSA) is 95.7 Å². The number of nitrogens with zero attached hydrogens (tertiary/aromatic N) is 1. The number of carbonyl (C=O) groups is 2. The minimum atomic E-state index is -1.48. The zero-order chi connectivity index (χ0) is 17.0. The van der Waals surface area contributed by atoms with Gasteiger partial charge in [0.1, 0.15) is 11.2 Å². The Bertz CT molecular complexity index is 612. The smallest absolute Gasteiger partial charge is 0.320 e. The summed E-state index contributed by atoms with van der Waals surface area (Å²) >= 11 is 0. The summed E-state index contributed by atoms with van der Waals surface area (Å²) in [5, 5.41) is 11.1. The Labute approximate surface area is 133 Å². The molecular formula is C16H19NO6. The van der Waals surface area contributed by atoms with Crippen LogP contribution in [0.5, 0.6) is 5.75 Å². The second-order valence-electron chi connectivity index (χ2n) is 5.58. The first kappa shape index (κ1) is 16.9. The third-order valence-electron chi connectivity index (χ3n) is 4.47. The summed E-state index contributed by atoms with van der Waals surface area (Å²) < 4.78 is 9.91. The molecule has 0 heterocycles. The van der Waals surface area contributed by atoms with Crippen LogP contribution in [-0.2, 0) is 14.3 Å². The lowest BCUT2D eigenvalue weighted by Crippen LogP contribution is -2.44. The van der Waals surface area contributed by atoms with E-state index < -0.39 is 28.8 Å². The molecular weight excluding hydrogens is 302 g/mol. The molecule has 7 heteroatoms. The normalized spacial score (nSPS) is 21.7. The zero-order valence-electron chi connectivity index (χ0n) is 13.1. The Balaban J connectivity index is 2.52. The number of hydrogen-bond acceptors (Lipinski definition) is 6. The highest BCUT2D eigenvalue weighted by molar-refractivity contribution is 6.06. The number of ether oxygens (including phenoxy) is 2. The molecule has 0 spiro atoms. The van der Waals surface area contributed by atoms with Crippen molar-refractivity contribution in [3.63, 3.8) is 0 Å². The van der Waals surface area contributed by atoms with E-state index in [0.29, 0.717) is 17.7 Å². The molecule has 0 bridgehead atoms. The maximum absolute atomic E-state index is 12.5. The van der Waals surface area contributed by atoms with Crippen molar-refractivity contribution in [1.82, 2.24) is 0 Å². The highest BCUT2D eigenvalue weighted by atomic mass is 16.6. The minimum absolute atomic E-state index is 0.236. The number of ketones is 1. The predicted molar refractivity (Wildman–Crippen MR) is 80.9 cm³/mol. The average molecular weight is 321 g/mol. The summed E-state index contributed by atoms with van der Waals surface area (Å²) in [4.78, 5) is 35.5. The van der Waals surface area contributed by atoms with E-state index >= 15 is 0 Å². The van der Waals surface area contributed by atoms with Crippen molar-refractivity contribution in [3.05, 3.63) is 39.9 Å². The second kappa shape index (κ2) is 6.76. The van der Waals surface area contributed by atoms with Crippen LogP contribution in [0, 0.1) is 15.5 Å². The first-order valence-corrected chi connectivity index (χ1v) is 7.33. The largest absolute Gasteiger partial charge is 0.497 e. The first-order chi connectivity index (χ1) is 11.0. The summed E-state index contributed by atoms with van der Waals surface area (Å²) in [7, 11) is 2.72. The second-order valence-corrected chi connectivity index (χ2v) is 5.58. The number of esters is 1. The number of nitro groups is 1. The van der Waals surface area contributed by atoms with E-state index in [2.05, 4.69) is 0 Å². The molecule has 1 saturated carbocycles. The Morgan fingerprint density at radius 3 is 2.43 bits per heavy atom. The van der Waals surface area contributed by atoms with Crippen LogP contribution in [0.2, 0.25) is 0 Å². The molecule has 0 aromatic heterocycles. The van der Waals surface area contributed by atoms with Crippen molar-refractivity contribution in [2.24, 2.45) is 5.41 Å². The van der Waals surface area contributed by atoms with E-state index in [1.54, 1.807) is 24.3 Å². The number of carbonyl (C=O) groups excluding carboxylic acids is 2. The molecule has 2 rings (SSSR count). The third kappa shape index (κ3) is 3.04. The predicted octanol–water partition coefficient (Wildman–Crippen LogP) is 1.97. The molecule has 1 aromatic carbocycles. The van der Waals surface area contributed by atoms with Crippen LogP contribution in [0.4, 0.5) is 0 Å². The number of benzene rings is 1. The van der Waals surface area contributed by atoms with Crippen molar-refractivity contribution in [1.29, 1.82) is 0 Å². The molecule has 1 aliphatic rings. The van der Waals surface area contributed by atoms with Gasteiger partial charge in [-0.25, -0.2) is 0 Å². The van der Waals surface area contributed by atoms with Crippen molar-refractivity contribution >= 4 is 11.8 Å². The fourth-order valence-electron chi connectivity index (χ4n) is 3.33. The van der Waals surface area contributed by atoms with Crippen LogP contribution in [0.25, 0.3) is 0 Å². The molecule has 124 valence electrons. The van der Waals surface area contributed by atoms with Crippen LogP contribution < -0.4 is 4.74 Å². The van der Waals surface area contributed by atoms with Gasteiger partial charge in [0.25, 0.3) is 0 Å². The van der Waals surface area contributed by atoms with E-state index in [0.717, 1.165) is 0 Å². The molecule has 0 amide bonds. The van der Waals surface area contributed by atoms with Gasteiger partial charge in [-0.05, 0) is 30.5 Å². The lowest BCUT2D eigenvalue weighted by molar-refractivity contribution is -0.485. The van der Waals surface area contributed by atoms with Gasteiger partial charge in [-0.1, -0.05) is 12.1 Å². The molecule has 7 nitrogen and oxygen atoms in total. The van der Waals surface area contributed by atoms with Crippen LogP contribution in [-0.4, -0.2) is 37.4 Å². The minimum Gasteiger partial charge on any atom is -0.497 e. The monoisotopic (exact) mass is 321 g/mol. The molecule has 0 saturated heterocycles. The Hall–Kier alpha value is -2.44. The molecule has 0 N–H and O–H groups in total. The van der Waals surface area contributed by atoms with Gasteiger partial charge in [0.15, 0.2) is 5.78 Å². The molecule has 0 unspecified atom stereocenters. The third-order valence-corrected chi connectivity index (χ3v) is 4.47. The average Bonchev–Trinajstić information content (AvgIpc) is 2.94. The van der Waals surface area contributed by atoms with Gasteiger partial charge in [0.05, 0.1) is 20.1 Å². The number of methoxy groups -OCH3 is 2. The molecule has 1 aliphatic carbocycles. The summed E-state index contributed by atoms with van der Waals surface area (Å²) in [5.74, 6) is -1.24. The van der Waals surface area contributed by atoms with Crippen LogP contribution in [0.15, 0.2) is 24.3 Å². The Morgan fingerprint density at radius 2 is 2.00 bits per heavy atom. The van der Waals surface area contributed by atoms with Gasteiger partial charge in [-0.2, -0.15) is 0 Å². The maximum atomic E-state index is 12.5. The summed E-state index contributed by atoms with van der Waals surface area (Å²) in [5.41, 5.74) is -0.917. The fourth-order valence-corrected chi connectivity index (χ4v) is 3.33. The number of hydrogen-bond donors (Lipinski definition) is 0. The zero-order valence-corrected chi connectivity index (χ0v) is 13.1. The lowest BCUT2D eigenvalue weighted by Gasteiger charge is -2.31. The molecule has 2 atom stereocenters. The molecule has 1 fully saturated rings. The highest BCUT2D eigenvalue weighted by Gasteiger charge is 2.57. The maximum Gasteiger partial charge on any atom is 0.320 e. The van der Waals surface area contributed by atoms with E-state index in [1.807, 2.05) is 0 Å². The van der Waals surface area contributed by atoms with Crippen molar-refractivity contribution < 1.29 is 24.0 Å².